The summed E-state index contributed by atoms with van der Waals surface area (Å²) in [6, 6.07) is 9.98. The normalized spacial score (nSPS) is 11.0. The van der Waals surface area contributed by atoms with Crippen LogP contribution in [0.5, 0.6) is 0 Å². The summed E-state index contributed by atoms with van der Waals surface area (Å²) in [5.74, 6) is -0.0313. The van der Waals surface area contributed by atoms with E-state index in [1.165, 1.54) is 17.9 Å². The van der Waals surface area contributed by atoms with Crippen molar-refractivity contribution in [2.24, 2.45) is 14.1 Å². The highest BCUT2D eigenvalue weighted by Gasteiger charge is 2.14. The Morgan fingerprint density at radius 1 is 1.14 bits per heavy atom. The zero-order chi connectivity index (χ0) is 21.0. The van der Waals surface area contributed by atoms with Gasteiger partial charge in [-0.25, -0.2) is 9.78 Å². The summed E-state index contributed by atoms with van der Waals surface area (Å²) in [6.45, 7) is 1.74. The van der Waals surface area contributed by atoms with E-state index in [1.807, 2.05) is 37.4 Å². The molecule has 0 saturated carbocycles. The number of likely N-dealkylation sites (N-methyl/N-ethyl adjacent to an activating group) is 1. The van der Waals surface area contributed by atoms with Gasteiger partial charge in [0.25, 0.3) is 5.56 Å². The largest absolute Gasteiger partial charge is 0.373 e. The summed E-state index contributed by atoms with van der Waals surface area (Å²) in [6.07, 6.45) is 2.46. The number of para-hydroxylation sites is 1. The van der Waals surface area contributed by atoms with Crippen molar-refractivity contribution in [3.8, 4) is 0 Å². The quantitative estimate of drug-likeness (QED) is 0.595. The number of imidazole rings is 1. The molecule has 0 aliphatic heterocycles. The van der Waals surface area contributed by atoms with Crippen molar-refractivity contribution in [2.75, 3.05) is 25.0 Å². The second-order valence-corrected chi connectivity index (χ2v) is 7.03. The fraction of sp³-hybridized carbons (Fsp3) is 0.400. The molecule has 0 bridgehead atoms. The molecule has 0 unspecified atom stereocenters. The number of aryl methyl sites for hydroxylation is 2. The number of carbonyl (C=O) groups excluding carboxylic acids is 1. The minimum absolute atomic E-state index is 0.0313. The van der Waals surface area contributed by atoms with E-state index in [4.69, 9.17) is 0 Å². The van der Waals surface area contributed by atoms with E-state index < -0.39 is 5.69 Å². The molecular weight excluding hydrogens is 372 g/mol. The van der Waals surface area contributed by atoms with E-state index >= 15 is 0 Å². The Morgan fingerprint density at radius 2 is 1.86 bits per heavy atom. The molecule has 0 spiro atoms. The first kappa shape index (κ1) is 20.4. The van der Waals surface area contributed by atoms with Crippen LogP contribution in [0.3, 0.4) is 0 Å². The lowest BCUT2D eigenvalue weighted by molar-refractivity contribution is -0.121. The van der Waals surface area contributed by atoms with Gasteiger partial charge in [-0.2, -0.15) is 0 Å². The lowest BCUT2D eigenvalue weighted by Gasteiger charge is -2.19. The Hall–Kier alpha value is -3.36. The lowest BCUT2D eigenvalue weighted by Crippen LogP contribution is -2.37. The second kappa shape index (κ2) is 8.76. The molecule has 2 aromatic heterocycles. The predicted molar refractivity (Wildman–Crippen MR) is 112 cm³/mol. The Bertz CT molecular complexity index is 1110. The van der Waals surface area contributed by atoms with Crippen molar-refractivity contribution in [3.63, 3.8) is 0 Å². The highest BCUT2D eigenvalue weighted by Crippen LogP contribution is 2.10. The van der Waals surface area contributed by atoms with Crippen LogP contribution in [0, 0.1) is 0 Å². The second-order valence-electron chi connectivity index (χ2n) is 7.03. The average molecular weight is 398 g/mol. The van der Waals surface area contributed by atoms with Gasteiger partial charge in [0.1, 0.15) is 0 Å². The first-order valence-corrected chi connectivity index (χ1v) is 9.54. The summed E-state index contributed by atoms with van der Waals surface area (Å²) in [7, 11) is 5.02. The number of carbonyl (C=O) groups is 1. The molecule has 1 amide bonds. The number of rotatable bonds is 8. The van der Waals surface area contributed by atoms with Gasteiger partial charge in [0.15, 0.2) is 11.2 Å². The third-order valence-electron chi connectivity index (χ3n) is 4.99. The minimum Gasteiger partial charge on any atom is -0.373 e. The molecule has 9 heteroatoms. The van der Waals surface area contributed by atoms with E-state index in [0.29, 0.717) is 43.6 Å². The molecule has 9 nitrogen and oxygen atoms in total. The molecule has 1 aromatic carbocycles. The van der Waals surface area contributed by atoms with Crippen molar-refractivity contribution >= 4 is 22.8 Å². The topological polar surface area (TPSA) is 94.2 Å². The molecule has 0 radical (unpaired) electrons. The minimum atomic E-state index is -0.410. The van der Waals surface area contributed by atoms with Crippen LogP contribution in [-0.2, 0) is 25.4 Å². The van der Waals surface area contributed by atoms with E-state index in [0.717, 1.165) is 10.3 Å². The van der Waals surface area contributed by atoms with Crippen LogP contribution in [0.4, 0.5) is 5.69 Å². The maximum atomic E-state index is 12.4. The highest BCUT2D eigenvalue weighted by atomic mass is 16.2. The summed E-state index contributed by atoms with van der Waals surface area (Å²) >= 11 is 0. The summed E-state index contributed by atoms with van der Waals surface area (Å²) in [5.41, 5.74) is 1.04. The standard InChI is InChI=1S/C20H26N6O3/c1-23(15-8-5-4-6-9-15)13-11-21-16(27)10-7-12-26-14-22-18-17(26)19(28)25(3)20(29)24(18)2/h4-6,8-9,14H,7,10-13H2,1-3H3,(H,21,27). The van der Waals surface area contributed by atoms with E-state index in [2.05, 4.69) is 15.2 Å². The van der Waals surface area contributed by atoms with Crippen molar-refractivity contribution in [3.05, 3.63) is 57.5 Å². The third kappa shape index (κ3) is 4.39. The number of benzene rings is 1. The van der Waals surface area contributed by atoms with Gasteiger partial charge in [0, 0.05) is 52.9 Å². The SMILES string of the molecule is CN(CCNC(=O)CCCn1cnc2c1c(=O)n(C)c(=O)n2C)c1ccccc1. The fourth-order valence-corrected chi connectivity index (χ4v) is 3.24. The summed E-state index contributed by atoms with van der Waals surface area (Å²) < 4.78 is 4.12. The van der Waals surface area contributed by atoms with Crippen LogP contribution >= 0.6 is 0 Å². The molecule has 1 N–H and O–H groups in total. The highest BCUT2D eigenvalue weighted by molar-refractivity contribution is 5.76. The number of hydrogen-bond donors (Lipinski definition) is 1. The first-order chi connectivity index (χ1) is 13.9. The molecule has 0 aliphatic rings. The first-order valence-electron chi connectivity index (χ1n) is 9.54. The average Bonchev–Trinajstić information content (AvgIpc) is 3.15. The van der Waals surface area contributed by atoms with Crippen molar-refractivity contribution in [2.45, 2.75) is 19.4 Å². The van der Waals surface area contributed by atoms with Crippen LogP contribution in [0.2, 0.25) is 0 Å². The van der Waals surface area contributed by atoms with Gasteiger partial charge in [-0.3, -0.25) is 18.7 Å². The molecule has 154 valence electrons. The van der Waals surface area contributed by atoms with E-state index in [9.17, 15) is 14.4 Å². The molecule has 0 fully saturated rings. The van der Waals surface area contributed by atoms with Gasteiger partial charge < -0.3 is 14.8 Å². The van der Waals surface area contributed by atoms with Crippen LogP contribution in [-0.4, -0.2) is 44.7 Å². The van der Waals surface area contributed by atoms with Crippen LogP contribution in [0.1, 0.15) is 12.8 Å². The zero-order valence-corrected chi connectivity index (χ0v) is 17.0. The zero-order valence-electron chi connectivity index (χ0n) is 17.0. The molecule has 2 heterocycles. The Kier molecular flexibility index (Phi) is 6.16. The van der Waals surface area contributed by atoms with Gasteiger partial charge in [0.2, 0.25) is 5.91 Å². The molecule has 0 aliphatic carbocycles. The summed E-state index contributed by atoms with van der Waals surface area (Å²) in [4.78, 5) is 42.8. The smallest absolute Gasteiger partial charge is 0.332 e. The number of anilines is 1. The molecule has 0 saturated heterocycles. The Labute approximate surface area is 168 Å². The molecule has 3 aromatic rings. The van der Waals surface area contributed by atoms with Crippen molar-refractivity contribution in [1.29, 1.82) is 0 Å². The van der Waals surface area contributed by atoms with Gasteiger partial charge in [-0.1, -0.05) is 18.2 Å². The van der Waals surface area contributed by atoms with Crippen molar-refractivity contribution < 1.29 is 4.79 Å². The number of fused-ring (bicyclic) bond motifs is 1. The Morgan fingerprint density at radius 3 is 2.59 bits per heavy atom. The number of hydrogen-bond acceptors (Lipinski definition) is 5. The number of nitrogens with one attached hydrogen (secondary N) is 1. The number of nitrogens with zero attached hydrogens (tertiary/aromatic N) is 5. The Balaban J connectivity index is 1.51. The van der Waals surface area contributed by atoms with Crippen LogP contribution in [0.15, 0.2) is 46.2 Å². The lowest BCUT2D eigenvalue weighted by atomic mass is 10.3. The number of aromatic nitrogens is 4. The van der Waals surface area contributed by atoms with Gasteiger partial charge in [0.05, 0.1) is 6.33 Å². The van der Waals surface area contributed by atoms with Gasteiger partial charge >= 0.3 is 5.69 Å². The van der Waals surface area contributed by atoms with Gasteiger partial charge in [-0.05, 0) is 18.6 Å². The monoisotopic (exact) mass is 398 g/mol. The molecular formula is C20H26N6O3. The molecule has 0 atom stereocenters. The maximum absolute atomic E-state index is 12.4. The maximum Gasteiger partial charge on any atom is 0.332 e. The number of amides is 1. The fourth-order valence-electron chi connectivity index (χ4n) is 3.24. The predicted octanol–water partition coefficient (Wildman–Crippen LogP) is 0.467. The summed E-state index contributed by atoms with van der Waals surface area (Å²) in [5, 5.41) is 2.92. The molecule has 29 heavy (non-hydrogen) atoms. The van der Waals surface area contributed by atoms with Crippen molar-refractivity contribution in [1.82, 2.24) is 24.0 Å². The third-order valence-corrected chi connectivity index (χ3v) is 4.99. The van der Waals surface area contributed by atoms with Crippen LogP contribution in [0.25, 0.3) is 11.2 Å². The van der Waals surface area contributed by atoms with Gasteiger partial charge in [-0.15, -0.1) is 0 Å². The van der Waals surface area contributed by atoms with E-state index in [-0.39, 0.29) is 11.5 Å². The molecule has 3 rings (SSSR count). The van der Waals surface area contributed by atoms with Crippen LogP contribution < -0.4 is 21.5 Å². The van der Waals surface area contributed by atoms with E-state index in [1.54, 1.807) is 11.6 Å².